The van der Waals surface area contributed by atoms with Crippen molar-refractivity contribution in [1.29, 1.82) is 0 Å². The van der Waals surface area contributed by atoms with Crippen molar-refractivity contribution in [3.05, 3.63) is 11.4 Å². The molecule has 19 heavy (non-hydrogen) atoms. The Balaban J connectivity index is 2.16. The fourth-order valence-corrected chi connectivity index (χ4v) is 3.71. The third-order valence-corrected chi connectivity index (χ3v) is 4.63. The molecule has 2 amide bonds. The molecule has 1 saturated heterocycles. The van der Waals surface area contributed by atoms with Crippen LogP contribution in [0.3, 0.4) is 0 Å². The van der Waals surface area contributed by atoms with Crippen molar-refractivity contribution in [2.45, 2.75) is 25.3 Å². The zero-order valence-electron chi connectivity index (χ0n) is 10.7. The zero-order valence-corrected chi connectivity index (χ0v) is 12.3. The molecular weight excluding hydrogens is 292 g/mol. The molecule has 1 aromatic rings. The Morgan fingerprint density at radius 2 is 2.05 bits per heavy atom. The number of rotatable bonds is 4. The van der Waals surface area contributed by atoms with Crippen LogP contribution in [0.5, 0.6) is 0 Å². The van der Waals surface area contributed by atoms with Crippen molar-refractivity contribution >= 4 is 25.8 Å². The van der Waals surface area contributed by atoms with Crippen LogP contribution < -0.4 is 5.32 Å². The highest BCUT2D eigenvalue weighted by Gasteiger charge is 2.24. The lowest BCUT2D eigenvalue weighted by Gasteiger charge is -2.14. The molecule has 0 bridgehead atoms. The second-order valence-corrected chi connectivity index (χ2v) is 6.88. The first kappa shape index (κ1) is 14.1. The van der Waals surface area contributed by atoms with E-state index in [2.05, 4.69) is 10.4 Å². The molecule has 1 aromatic heterocycles. The van der Waals surface area contributed by atoms with Gasteiger partial charge >= 0.3 is 6.03 Å². The monoisotopic (exact) mass is 306 g/mol. The van der Waals surface area contributed by atoms with Gasteiger partial charge in [-0.2, -0.15) is 5.10 Å². The first-order valence-corrected chi connectivity index (χ1v) is 8.13. The molecule has 0 atom stereocenters. The molecule has 0 unspecified atom stereocenters. The Morgan fingerprint density at radius 3 is 2.53 bits per heavy atom. The van der Waals surface area contributed by atoms with Gasteiger partial charge in [0.1, 0.15) is 4.90 Å². The number of hydrogen-bond acceptors (Lipinski definition) is 4. The van der Waals surface area contributed by atoms with Gasteiger partial charge in [0.05, 0.1) is 17.9 Å². The molecule has 1 N–H and O–H groups in total. The lowest BCUT2D eigenvalue weighted by molar-refractivity contribution is 0.215. The Hall–Kier alpha value is -1.28. The van der Waals surface area contributed by atoms with E-state index in [0.29, 0.717) is 37.6 Å². The van der Waals surface area contributed by atoms with E-state index < -0.39 is 9.05 Å². The van der Waals surface area contributed by atoms with E-state index in [4.69, 9.17) is 10.7 Å². The Kier molecular flexibility index (Phi) is 3.73. The lowest BCUT2D eigenvalue weighted by Crippen LogP contribution is -2.31. The molecule has 0 spiro atoms. The topological polar surface area (TPSA) is 84.3 Å². The molecule has 2 rings (SSSR count). The number of nitrogens with zero attached hydrogens (tertiary/aromatic N) is 3. The highest BCUT2D eigenvalue weighted by atomic mass is 35.7. The van der Waals surface area contributed by atoms with Crippen molar-refractivity contribution in [1.82, 2.24) is 20.0 Å². The average Bonchev–Trinajstić information content (AvgIpc) is 2.79. The van der Waals surface area contributed by atoms with E-state index in [-0.39, 0.29) is 10.9 Å². The van der Waals surface area contributed by atoms with E-state index in [1.165, 1.54) is 0 Å². The predicted molar refractivity (Wildman–Crippen MR) is 69.7 cm³/mol. The van der Waals surface area contributed by atoms with Crippen LogP contribution in [-0.4, -0.2) is 48.8 Å². The summed E-state index contributed by atoms with van der Waals surface area (Å²) in [5.41, 5.74) is 0.866. The molecule has 7 nitrogen and oxygen atoms in total. The maximum absolute atomic E-state index is 11.4. The third-order valence-electron chi connectivity index (χ3n) is 3.09. The fourth-order valence-electron chi connectivity index (χ4n) is 2.19. The number of carbonyl (C=O) groups is 1. The Morgan fingerprint density at radius 1 is 1.37 bits per heavy atom. The molecule has 106 valence electrons. The lowest BCUT2D eigenvalue weighted by atomic mass is 10.4. The van der Waals surface area contributed by atoms with Crippen LogP contribution in [-0.2, 0) is 15.6 Å². The van der Waals surface area contributed by atoms with Crippen molar-refractivity contribution in [2.75, 3.05) is 19.6 Å². The molecular formula is C10H15ClN4O3S. The van der Waals surface area contributed by atoms with Crippen LogP contribution in [0.25, 0.3) is 0 Å². The van der Waals surface area contributed by atoms with Gasteiger partial charge in [-0.05, 0) is 13.8 Å². The third kappa shape index (κ3) is 2.84. The molecule has 1 aliphatic heterocycles. The molecule has 9 heteroatoms. The van der Waals surface area contributed by atoms with Crippen LogP contribution in [0, 0.1) is 13.8 Å². The minimum Gasteiger partial charge on any atom is -0.336 e. The van der Waals surface area contributed by atoms with E-state index in [0.717, 1.165) is 0 Å². The minimum atomic E-state index is -3.80. The van der Waals surface area contributed by atoms with Gasteiger partial charge < -0.3 is 10.2 Å². The molecule has 1 aliphatic rings. The smallest absolute Gasteiger partial charge is 0.317 e. The van der Waals surface area contributed by atoms with Gasteiger partial charge in [0.15, 0.2) is 0 Å². The van der Waals surface area contributed by atoms with Crippen molar-refractivity contribution in [2.24, 2.45) is 0 Å². The second-order valence-electron chi connectivity index (χ2n) is 4.38. The van der Waals surface area contributed by atoms with E-state index >= 15 is 0 Å². The number of amides is 2. The average molecular weight is 307 g/mol. The summed E-state index contributed by atoms with van der Waals surface area (Å²) in [6.45, 7) is 5.46. The van der Waals surface area contributed by atoms with Crippen LogP contribution in [0.15, 0.2) is 4.90 Å². The van der Waals surface area contributed by atoms with Crippen molar-refractivity contribution in [3.8, 4) is 0 Å². The number of hydrogen-bond donors (Lipinski definition) is 1. The normalized spacial score (nSPS) is 15.9. The Bertz CT molecular complexity index is 611. The maximum Gasteiger partial charge on any atom is 0.317 e. The summed E-state index contributed by atoms with van der Waals surface area (Å²) < 4.78 is 24.4. The number of nitrogens with one attached hydrogen (secondary N) is 1. The van der Waals surface area contributed by atoms with Crippen LogP contribution >= 0.6 is 10.7 Å². The summed E-state index contributed by atoms with van der Waals surface area (Å²) in [6, 6.07) is -0.105. The summed E-state index contributed by atoms with van der Waals surface area (Å²) in [5.74, 6) is 0. The summed E-state index contributed by atoms with van der Waals surface area (Å²) in [7, 11) is 1.58. The number of aromatic nitrogens is 2. The number of urea groups is 1. The van der Waals surface area contributed by atoms with Crippen LogP contribution in [0.1, 0.15) is 11.4 Å². The van der Waals surface area contributed by atoms with Crippen LogP contribution in [0.2, 0.25) is 0 Å². The zero-order chi connectivity index (χ0) is 14.2. The van der Waals surface area contributed by atoms with Crippen molar-refractivity contribution in [3.63, 3.8) is 0 Å². The predicted octanol–water partition coefficient (Wildman–Crippen LogP) is 0.453. The van der Waals surface area contributed by atoms with E-state index in [9.17, 15) is 13.2 Å². The summed E-state index contributed by atoms with van der Waals surface area (Å²) in [6.07, 6.45) is 0. The van der Waals surface area contributed by atoms with Gasteiger partial charge in [-0.3, -0.25) is 4.68 Å². The highest BCUT2D eigenvalue weighted by Crippen LogP contribution is 2.23. The fraction of sp³-hybridized carbons (Fsp3) is 0.600. The van der Waals surface area contributed by atoms with Crippen LogP contribution in [0.4, 0.5) is 4.79 Å². The van der Waals surface area contributed by atoms with Crippen molar-refractivity contribution < 1.29 is 13.2 Å². The molecule has 0 radical (unpaired) electrons. The van der Waals surface area contributed by atoms with Gasteiger partial charge in [0.2, 0.25) is 0 Å². The summed E-state index contributed by atoms with van der Waals surface area (Å²) in [4.78, 5) is 13.1. The van der Waals surface area contributed by atoms with E-state index in [1.54, 1.807) is 23.4 Å². The van der Waals surface area contributed by atoms with Gasteiger partial charge in [-0.1, -0.05) is 0 Å². The van der Waals surface area contributed by atoms with E-state index in [1.807, 2.05) is 0 Å². The quantitative estimate of drug-likeness (QED) is 0.819. The first-order chi connectivity index (χ1) is 8.80. The number of aryl methyl sites for hydroxylation is 1. The standard InChI is InChI=1S/C10H15ClN4O3S/c1-7-9(19(11,17)18)8(2)15(13-7)6-5-14-4-3-12-10(14)16/h3-6H2,1-2H3,(H,12,16). The van der Waals surface area contributed by atoms with Gasteiger partial charge in [-0.15, -0.1) is 0 Å². The van der Waals surface area contributed by atoms with Gasteiger partial charge in [-0.25, -0.2) is 13.2 Å². The second kappa shape index (κ2) is 5.01. The summed E-state index contributed by atoms with van der Waals surface area (Å²) >= 11 is 0. The molecule has 0 aliphatic carbocycles. The van der Waals surface area contributed by atoms with Gasteiger partial charge in [0, 0.05) is 30.3 Å². The van der Waals surface area contributed by atoms with Gasteiger partial charge in [0.25, 0.3) is 9.05 Å². The molecule has 2 heterocycles. The summed E-state index contributed by atoms with van der Waals surface area (Å²) in [5, 5.41) is 6.86. The Labute approximate surface area is 115 Å². The molecule has 1 fully saturated rings. The minimum absolute atomic E-state index is 0.0556. The maximum atomic E-state index is 11.4. The molecule has 0 saturated carbocycles. The number of carbonyl (C=O) groups excluding carboxylic acids is 1. The highest BCUT2D eigenvalue weighted by molar-refractivity contribution is 8.13. The number of halogens is 1. The first-order valence-electron chi connectivity index (χ1n) is 5.82. The largest absolute Gasteiger partial charge is 0.336 e. The molecule has 0 aromatic carbocycles. The SMILES string of the molecule is Cc1nn(CCN2CCNC2=O)c(C)c1S(=O)(=O)Cl.